The third kappa shape index (κ3) is 3.81. The normalized spacial score (nSPS) is 17.8. The van der Waals surface area contributed by atoms with Crippen LogP contribution in [0.2, 0.25) is 5.02 Å². The van der Waals surface area contributed by atoms with Gasteiger partial charge in [0.05, 0.1) is 6.04 Å². The molecule has 1 saturated heterocycles. The van der Waals surface area contributed by atoms with Gasteiger partial charge in [-0.05, 0) is 43.0 Å². The van der Waals surface area contributed by atoms with Gasteiger partial charge >= 0.3 is 0 Å². The van der Waals surface area contributed by atoms with Crippen LogP contribution < -0.4 is 5.32 Å². The van der Waals surface area contributed by atoms with E-state index in [1.807, 2.05) is 24.3 Å². The van der Waals surface area contributed by atoms with E-state index in [9.17, 15) is 0 Å². The summed E-state index contributed by atoms with van der Waals surface area (Å²) in [6, 6.07) is 7.64. The summed E-state index contributed by atoms with van der Waals surface area (Å²) < 4.78 is 10.3. The van der Waals surface area contributed by atoms with Gasteiger partial charge in [-0.2, -0.15) is 4.98 Å². The Morgan fingerprint density at radius 1 is 1.24 bits per heavy atom. The van der Waals surface area contributed by atoms with E-state index in [1.54, 1.807) is 0 Å². The summed E-state index contributed by atoms with van der Waals surface area (Å²) in [6.45, 7) is 2.60. The number of benzene rings is 1. The van der Waals surface area contributed by atoms with Gasteiger partial charge in [0.25, 0.3) is 0 Å². The van der Waals surface area contributed by atoms with E-state index in [2.05, 4.69) is 15.5 Å². The van der Waals surface area contributed by atoms with Crippen LogP contribution in [0.4, 0.5) is 0 Å². The van der Waals surface area contributed by atoms with Gasteiger partial charge in [0.2, 0.25) is 6.39 Å². The molecule has 1 aliphatic heterocycles. The maximum absolute atomic E-state index is 5.96. The van der Waals surface area contributed by atoms with E-state index in [4.69, 9.17) is 20.9 Å². The molecule has 112 valence electrons. The van der Waals surface area contributed by atoms with Crippen LogP contribution in [0.15, 0.2) is 35.2 Å². The van der Waals surface area contributed by atoms with Crippen LogP contribution in [-0.2, 0) is 4.74 Å². The van der Waals surface area contributed by atoms with E-state index in [1.165, 1.54) is 6.39 Å². The Morgan fingerprint density at radius 2 is 2.00 bits per heavy atom. The molecule has 21 heavy (non-hydrogen) atoms. The smallest absolute Gasteiger partial charge is 0.213 e. The lowest BCUT2D eigenvalue weighted by atomic mass is 9.99. The maximum atomic E-state index is 5.96. The average Bonchev–Trinajstić information content (AvgIpc) is 3.04. The van der Waals surface area contributed by atoms with Crippen molar-refractivity contribution in [2.24, 2.45) is 5.92 Å². The van der Waals surface area contributed by atoms with Gasteiger partial charge in [0.15, 0.2) is 5.82 Å². The van der Waals surface area contributed by atoms with Crippen molar-refractivity contribution in [3.8, 4) is 0 Å². The highest BCUT2D eigenvalue weighted by Gasteiger charge is 2.21. The topological polar surface area (TPSA) is 60.2 Å². The summed E-state index contributed by atoms with van der Waals surface area (Å²) in [5.41, 5.74) is 1.08. The Kier molecular flexibility index (Phi) is 4.85. The number of halogens is 1. The second-order valence-electron chi connectivity index (χ2n) is 5.24. The molecule has 0 unspecified atom stereocenters. The summed E-state index contributed by atoms with van der Waals surface area (Å²) in [5.74, 6) is 1.27. The molecule has 0 aliphatic carbocycles. The molecule has 6 heteroatoms. The highest BCUT2D eigenvalue weighted by molar-refractivity contribution is 6.30. The number of rotatable bonds is 5. The van der Waals surface area contributed by atoms with Crippen molar-refractivity contribution < 1.29 is 9.26 Å². The first-order valence-corrected chi connectivity index (χ1v) is 7.53. The zero-order chi connectivity index (χ0) is 14.5. The molecule has 1 aromatic heterocycles. The zero-order valence-electron chi connectivity index (χ0n) is 11.7. The van der Waals surface area contributed by atoms with Crippen molar-refractivity contribution in [3.63, 3.8) is 0 Å². The fourth-order valence-corrected chi connectivity index (χ4v) is 2.68. The molecule has 3 rings (SSSR count). The fourth-order valence-electron chi connectivity index (χ4n) is 2.55. The highest BCUT2D eigenvalue weighted by atomic mass is 35.5. The summed E-state index contributed by atoms with van der Waals surface area (Å²) in [7, 11) is 0. The summed E-state index contributed by atoms with van der Waals surface area (Å²) >= 11 is 5.96. The van der Waals surface area contributed by atoms with Gasteiger partial charge in [-0.1, -0.05) is 28.9 Å². The van der Waals surface area contributed by atoms with Crippen molar-refractivity contribution in [3.05, 3.63) is 47.1 Å². The molecule has 0 saturated carbocycles. The molecule has 2 aromatic rings. The van der Waals surface area contributed by atoms with E-state index < -0.39 is 0 Å². The molecule has 1 aliphatic rings. The monoisotopic (exact) mass is 307 g/mol. The Bertz CT molecular complexity index is 539. The Balaban J connectivity index is 1.71. The van der Waals surface area contributed by atoms with Crippen molar-refractivity contribution in [1.29, 1.82) is 0 Å². The van der Waals surface area contributed by atoms with Gasteiger partial charge in [0, 0.05) is 18.2 Å². The minimum Gasteiger partial charge on any atom is -0.381 e. The standard InChI is InChI=1S/C15H18ClN3O2/c16-13-3-1-12(2-4-13)14(15-18-10-21-19-15)17-9-11-5-7-20-8-6-11/h1-4,10-11,14,17H,5-9H2/t14-/m0/s1. The first kappa shape index (κ1) is 14.5. The van der Waals surface area contributed by atoms with Crippen molar-refractivity contribution in [1.82, 2.24) is 15.5 Å². The van der Waals surface area contributed by atoms with Crippen LogP contribution in [0, 0.1) is 5.92 Å². The molecular weight excluding hydrogens is 290 g/mol. The molecule has 1 aromatic carbocycles. The lowest BCUT2D eigenvalue weighted by Crippen LogP contribution is -2.31. The van der Waals surface area contributed by atoms with E-state index >= 15 is 0 Å². The Morgan fingerprint density at radius 3 is 2.67 bits per heavy atom. The third-order valence-corrected chi connectivity index (χ3v) is 4.04. The molecule has 0 radical (unpaired) electrons. The Hall–Kier alpha value is -1.43. The number of hydrogen-bond donors (Lipinski definition) is 1. The molecule has 0 amide bonds. The Labute approximate surface area is 128 Å². The lowest BCUT2D eigenvalue weighted by Gasteiger charge is -2.24. The van der Waals surface area contributed by atoms with Gasteiger partial charge in [-0.3, -0.25) is 0 Å². The molecule has 1 N–H and O–H groups in total. The fraction of sp³-hybridized carbons (Fsp3) is 0.467. The molecule has 2 heterocycles. The number of aromatic nitrogens is 2. The number of nitrogens with zero attached hydrogens (tertiary/aromatic N) is 2. The number of hydrogen-bond acceptors (Lipinski definition) is 5. The maximum Gasteiger partial charge on any atom is 0.213 e. The zero-order valence-corrected chi connectivity index (χ0v) is 12.4. The van der Waals surface area contributed by atoms with Crippen LogP contribution >= 0.6 is 11.6 Å². The van der Waals surface area contributed by atoms with Gasteiger partial charge in [-0.25, -0.2) is 0 Å². The van der Waals surface area contributed by atoms with Crippen LogP contribution in [0.5, 0.6) is 0 Å². The molecule has 5 nitrogen and oxygen atoms in total. The second-order valence-corrected chi connectivity index (χ2v) is 5.67. The van der Waals surface area contributed by atoms with Crippen molar-refractivity contribution in [2.45, 2.75) is 18.9 Å². The van der Waals surface area contributed by atoms with Crippen molar-refractivity contribution in [2.75, 3.05) is 19.8 Å². The molecule has 1 fully saturated rings. The highest BCUT2D eigenvalue weighted by Crippen LogP contribution is 2.22. The van der Waals surface area contributed by atoms with E-state index in [0.717, 1.165) is 43.2 Å². The minimum atomic E-state index is -0.0798. The predicted molar refractivity (Wildman–Crippen MR) is 79.1 cm³/mol. The summed E-state index contributed by atoms with van der Waals surface area (Å²) in [4.78, 5) is 4.18. The van der Waals surface area contributed by atoms with Crippen molar-refractivity contribution >= 4 is 11.6 Å². The number of nitrogens with one attached hydrogen (secondary N) is 1. The van der Waals surface area contributed by atoms with E-state index in [-0.39, 0.29) is 6.04 Å². The average molecular weight is 308 g/mol. The summed E-state index contributed by atoms with van der Waals surface area (Å²) in [5, 5.41) is 8.23. The van der Waals surface area contributed by atoms with Crippen LogP contribution in [-0.4, -0.2) is 29.9 Å². The molecule has 0 bridgehead atoms. The second kappa shape index (κ2) is 7.02. The number of ether oxygens (including phenoxy) is 1. The van der Waals surface area contributed by atoms with Gasteiger partial charge < -0.3 is 14.6 Å². The quantitative estimate of drug-likeness (QED) is 0.920. The lowest BCUT2D eigenvalue weighted by molar-refractivity contribution is 0.0657. The molecular formula is C15H18ClN3O2. The minimum absolute atomic E-state index is 0.0798. The van der Waals surface area contributed by atoms with Gasteiger partial charge in [0.1, 0.15) is 0 Å². The molecule has 0 spiro atoms. The largest absolute Gasteiger partial charge is 0.381 e. The van der Waals surface area contributed by atoms with Crippen LogP contribution in [0.1, 0.15) is 30.3 Å². The van der Waals surface area contributed by atoms with Crippen LogP contribution in [0.25, 0.3) is 0 Å². The van der Waals surface area contributed by atoms with E-state index in [0.29, 0.717) is 11.7 Å². The van der Waals surface area contributed by atoms with Crippen LogP contribution in [0.3, 0.4) is 0 Å². The predicted octanol–water partition coefficient (Wildman–Crippen LogP) is 2.83. The SMILES string of the molecule is Clc1ccc([C@H](NCC2CCOCC2)c2ncon2)cc1. The third-order valence-electron chi connectivity index (χ3n) is 3.79. The first-order valence-electron chi connectivity index (χ1n) is 7.16. The summed E-state index contributed by atoms with van der Waals surface area (Å²) in [6.07, 6.45) is 3.54. The molecule has 1 atom stereocenters. The van der Waals surface area contributed by atoms with Gasteiger partial charge in [-0.15, -0.1) is 0 Å². The first-order chi connectivity index (χ1) is 10.3.